The third-order valence-corrected chi connectivity index (χ3v) is 3.52. The van der Waals surface area contributed by atoms with Crippen LogP contribution in [0.4, 0.5) is 0 Å². The van der Waals surface area contributed by atoms with Crippen LogP contribution in [0.2, 0.25) is 5.02 Å². The summed E-state index contributed by atoms with van der Waals surface area (Å²) in [5, 5.41) is 11.8. The van der Waals surface area contributed by atoms with E-state index < -0.39 is 0 Å². The lowest BCUT2D eigenvalue weighted by Crippen LogP contribution is -2.17. The molecule has 1 heterocycles. The second-order valence-corrected chi connectivity index (χ2v) is 5.22. The van der Waals surface area contributed by atoms with Gasteiger partial charge in [-0.15, -0.1) is 5.10 Å². The number of halogens is 2. The topological polar surface area (TPSA) is 42.7 Å². The minimum atomic E-state index is 0.747. The summed E-state index contributed by atoms with van der Waals surface area (Å²) in [6.45, 7) is 2.65. The van der Waals surface area contributed by atoms with Gasteiger partial charge in [0.2, 0.25) is 0 Å². The van der Waals surface area contributed by atoms with Crippen molar-refractivity contribution in [3.63, 3.8) is 0 Å². The van der Waals surface area contributed by atoms with E-state index in [1.807, 2.05) is 29.1 Å². The molecule has 0 bridgehead atoms. The summed E-state index contributed by atoms with van der Waals surface area (Å²) in [6.07, 6.45) is 4.59. The van der Waals surface area contributed by atoms with Crippen LogP contribution in [0.3, 0.4) is 0 Å². The van der Waals surface area contributed by atoms with E-state index in [1.165, 1.54) is 5.56 Å². The predicted octanol–water partition coefficient (Wildman–Crippen LogP) is 2.87. The number of benzene rings is 1. The average Bonchev–Trinajstić information content (AvgIpc) is 2.84. The molecule has 0 unspecified atom stereocenters. The second-order valence-electron chi connectivity index (χ2n) is 3.93. The van der Waals surface area contributed by atoms with E-state index in [0.717, 1.165) is 35.6 Å². The van der Waals surface area contributed by atoms with Crippen molar-refractivity contribution in [2.75, 3.05) is 6.54 Å². The Morgan fingerprint density at radius 1 is 1.39 bits per heavy atom. The number of aryl methyl sites for hydroxylation is 1. The summed E-state index contributed by atoms with van der Waals surface area (Å²) in [5.74, 6) is 0. The van der Waals surface area contributed by atoms with E-state index in [1.54, 1.807) is 6.20 Å². The van der Waals surface area contributed by atoms with Crippen LogP contribution in [0.1, 0.15) is 12.0 Å². The maximum Gasteiger partial charge on any atom is 0.0692 e. The van der Waals surface area contributed by atoms with Gasteiger partial charge in [0.15, 0.2) is 0 Å². The summed E-state index contributed by atoms with van der Waals surface area (Å²) >= 11 is 9.39. The van der Waals surface area contributed by atoms with Gasteiger partial charge in [-0.2, -0.15) is 0 Å². The first-order valence-corrected chi connectivity index (χ1v) is 6.91. The molecule has 2 aromatic rings. The lowest BCUT2D eigenvalue weighted by atomic mass is 10.2. The number of rotatable bonds is 6. The zero-order chi connectivity index (χ0) is 12.8. The molecule has 0 saturated carbocycles. The van der Waals surface area contributed by atoms with Gasteiger partial charge in [0.25, 0.3) is 0 Å². The number of nitrogens with one attached hydrogen (secondary N) is 1. The van der Waals surface area contributed by atoms with Crippen LogP contribution in [-0.2, 0) is 13.1 Å². The molecule has 1 N–H and O–H groups in total. The molecule has 0 aliphatic heterocycles. The average molecular weight is 330 g/mol. The second kappa shape index (κ2) is 6.87. The van der Waals surface area contributed by atoms with Gasteiger partial charge in [-0.1, -0.05) is 38.8 Å². The third-order valence-electron chi connectivity index (χ3n) is 2.54. The van der Waals surface area contributed by atoms with Crippen molar-refractivity contribution in [2.45, 2.75) is 19.5 Å². The SMILES string of the molecule is Clc1ccc(CNCCCn2ccnn2)c(Br)c1. The van der Waals surface area contributed by atoms with Crippen molar-refractivity contribution in [1.29, 1.82) is 0 Å². The quantitative estimate of drug-likeness (QED) is 0.829. The van der Waals surface area contributed by atoms with Crippen molar-refractivity contribution in [2.24, 2.45) is 0 Å². The predicted molar refractivity (Wildman–Crippen MR) is 75.5 cm³/mol. The van der Waals surface area contributed by atoms with Crippen LogP contribution >= 0.6 is 27.5 Å². The summed E-state index contributed by atoms with van der Waals surface area (Å²) in [7, 11) is 0. The van der Waals surface area contributed by atoms with Crippen molar-refractivity contribution in [3.8, 4) is 0 Å². The number of hydrogen-bond donors (Lipinski definition) is 1. The number of hydrogen-bond acceptors (Lipinski definition) is 3. The molecule has 0 radical (unpaired) electrons. The monoisotopic (exact) mass is 328 g/mol. The minimum absolute atomic E-state index is 0.747. The molecule has 4 nitrogen and oxygen atoms in total. The number of aromatic nitrogens is 3. The first-order chi connectivity index (χ1) is 8.75. The highest BCUT2D eigenvalue weighted by Crippen LogP contribution is 2.21. The maximum absolute atomic E-state index is 5.89. The molecule has 0 atom stereocenters. The van der Waals surface area contributed by atoms with Crippen molar-refractivity contribution in [1.82, 2.24) is 20.3 Å². The molecule has 18 heavy (non-hydrogen) atoms. The maximum atomic E-state index is 5.89. The van der Waals surface area contributed by atoms with Gasteiger partial charge in [0.05, 0.1) is 6.20 Å². The van der Waals surface area contributed by atoms with Gasteiger partial charge in [-0.3, -0.25) is 4.68 Å². The Kier molecular flexibility index (Phi) is 5.16. The molecular formula is C12H14BrClN4. The van der Waals surface area contributed by atoms with Crippen molar-refractivity contribution < 1.29 is 0 Å². The minimum Gasteiger partial charge on any atom is -0.313 e. The molecule has 0 aliphatic carbocycles. The van der Waals surface area contributed by atoms with E-state index in [9.17, 15) is 0 Å². The molecule has 0 amide bonds. The van der Waals surface area contributed by atoms with Gasteiger partial charge in [-0.05, 0) is 30.7 Å². The molecule has 0 spiro atoms. The first-order valence-electron chi connectivity index (χ1n) is 5.74. The van der Waals surface area contributed by atoms with Crippen LogP contribution in [0.25, 0.3) is 0 Å². The Labute approximate surface area is 119 Å². The Morgan fingerprint density at radius 2 is 2.28 bits per heavy atom. The molecule has 1 aromatic heterocycles. The lowest BCUT2D eigenvalue weighted by molar-refractivity contribution is 0.530. The smallest absolute Gasteiger partial charge is 0.0692 e. The van der Waals surface area contributed by atoms with Crippen LogP contribution in [-0.4, -0.2) is 21.5 Å². The largest absolute Gasteiger partial charge is 0.313 e. The van der Waals surface area contributed by atoms with Gasteiger partial charge in [0.1, 0.15) is 0 Å². The van der Waals surface area contributed by atoms with E-state index in [-0.39, 0.29) is 0 Å². The van der Waals surface area contributed by atoms with Crippen LogP contribution < -0.4 is 5.32 Å². The highest BCUT2D eigenvalue weighted by atomic mass is 79.9. The standard InChI is InChI=1S/C12H14BrClN4/c13-12-8-11(14)3-2-10(12)9-15-4-1-6-18-7-5-16-17-18/h2-3,5,7-8,15H,1,4,6,9H2. The van der Waals surface area contributed by atoms with Crippen LogP contribution in [0.5, 0.6) is 0 Å². The van der Waals surface area contributed by atoms with Gasteiger partial charge in [0, 0.05) is 28.8 Å². The zero-order valence-electron chi connectivity index (χ0n) is 9.81. The summed E-state index contributed by atoms with van der Waals surface area (Å²) < 4.78 is 2.87. The molecule has 0 aliphatic rings. The van der Waals surface area contributed by atoms with E-state index in [4.69, 9.17) is 11.6 Å². The molecule has 0 saturated heterocycles. The Balaban J connectivity index is 1.69. The highest BCUT2D eigenvalue weighted by Gasteiger charge is 2.00. The number of nitrogens with zero attached hydrogens (tertiary/aromatic N) is 3. The van der Waals surface area contributed by atoms with Gasteiger partial charge >= 0.3 is 0 Å². The van der Waals surface area contributed by atoms with Crippen LogP contribution in [0, 0.1) is 0 Å². The molecule has 2 rings (SSSR count). The van der Waals surface area contributed by atoms with Crippen molar-refractivity contribution in [3.05, 3.63) is 45.7 Å². The van der Waals surface area contributed by atoms with Crippen LogP contribution in [0.15, 0.2) is 35.1 Å². The fourth-order valence-corrected chi connectivity index (χ4v) is 2.43. The summed E-state index contributed by atoms with van der Waals surface area (Å²) in [5.41, 5.74) is 1.21. The highest BCUT2D eigenvalue weighted by molar-refractivity contribution is 9.10. The fraction of sp³-hybridized carbons (Fsp3) is 0.333. The normalized spacial score (nSPS) is 10.8. The molecule has 6 heteroatoms. The van der Waals surface area contributed by atoms with E-state index in [2.05, 4.69) is 31.6 Å². The molecule has 96 valence electrons. The van der Waals surface area contributed by atoms with Gasteiger partial charge in [-0.25, -0.2) is 0 Å². The molecular weight excluding hydrogens is 316 g/mol. The Bertz CT molecular complexity index is 487. The van der Waals surface area contributed by atoms with Crippen molar-refractivity contribution >= 4 is 27.5 Å². The summed E-state index contributed by atoms with van der Waals surface area (Å²) in [6, 6.07) is 5.84. The zero-order valence-corrected chi connectivity index (χ0v) is 12.2. The van der Waals surface area contributed by atoms with E-state index in [0.29, 0.717) is 0 Å². The molecule has 0 fully saturated rings. The first kappa shape index (κ1) is 13.5. The third kappa shape index (κ3) is 4.08. The van der Waals surface area contributed by atoms with E-state index >= 15 is 0 Å². The lowest BCUT2D eigenvalue weighted by Gasteiger charge is -2.07. The Hall–Kier alpha value is -0.910. The molecule has 1 aromatic carbocycles. The summed E-state index contributed by atoms with van der Waals surface area (Å²) in [4.78, 5) is 0. The van der Waals surface area contributed by atoms with Gasteiger partial charge < -0.3 is 5.32 Å². The fourth-order valence-electron chi connectivity index (χ4n) is 1.61. The Morgan fingerprint density at radius 3 is 3.00 bits per heavy atom.